The van der Waals surface area contributed by atoms with Gasteiger partial charge in [-0.05, 0) is 50.5 Å². The van der Waals surface area contributed by atoms with Gasteiger partial charge in [0.15, 0.2) is 0 Å². The first-order valence-corrected chi connectivity index (χ1v) is 9.42. The summed E-state index contributed by atoms with van der Waals surface area (Å²) in [4.78, 5) is 29.0. The Kier molecular flexibility index (Phi) is 4.55. The molecule has 0 amide bonds. The van der Waals surface area contributed by atoms with E-state index in [1.165, 1.54) is 0 Å². The SMILES string of the molecule is CN1CCC(C(=O)Cc2cc3cc(-c4cncs4)ncc3cn2)CC1. The van der Waals surface area contributed by atoms with E-state index in [0.29, 0.717) is 12.2 Å². The molecule has 3 aromatic heterocycles. The molecule has 0 bridgehead atoms. The highest BCUT2D eigenvalue weighted by molar-refractivity contribution is 7.13. The van der Waals surface area contributed by atoms with E-state index in [0.717, 1.165) is 53.0 Å². The Morgan fingerprint density at radius 1 is 1.16 bits per heavy atom. The number of aromatic nitrogens is 3. The van der Waals surface area contributed by atoms with Gasteiger partial charge in [0.1, 0.15) is 5.78 Å². The standard InChI is InChI=1S/C19H20N4OS/c1-23-4-2-13(3-5-23)18(24)8-16-6-14-7-17(19-11-20-12-25-19)22-10-15(14)9-21-16/h6-7,9-13H,2-5,8H2,1H3. The summed E-state index contributed by atoms with van der Waals surface area (Å²) in [6.07, 6.45) is 7.81. The van der Waals surface area contributed by atoms with Crippen LogP contribution in [-0.4, -0.2) is 45.8 Å². The number of carbonyl (C=O) groups excluding carboxylic acids is 1. The molecule has 25 heavy (non-hydrogen) atoms. The average Bonchev–Trinajstić information content (AvgIpc) is 3.16. The molecule has 1 aliphatic rings. The summed E-state index contributed by atoms with van der Waals surface area (Å²) >= 11 is 1.57. The first-order chi connectivity index (χ1) is 12.2. The molecule has 1 aliphatic heterocycles. The van der Waals surface area contributed by atoms with Crippen molar-refractivity contribution in [2.45, 2.75) is 19.3 Å². The molecule has 5 nitrogen and oxygen atoms in total. The highest BCUT2D eigenvalue weighted by Gasteiger charge is 2.23. The molecular formula is C19H20N4OS. The van der Waals surface area contributed by atoms with Crippen LogP contribution in [0.2, 0.25) is 0 Å². The highest BCUT2D eigenvalue weighted by atomic mass is 32.1. The van der Waals surface area contributed by atoms with Crippen LogP contribution in [0.25, 0.3) is 21.3 Å². The van der Waals surface area contributed by atoms with E-state index in [9.17, 15) is 4.79 Å². The molecule has 6 heteroatoms. The number of Topliss-reactive ketones (excluding diaryl/α,β-unsaturated/α-hetero) is 1. The van der Waals surface area contributed by atoms with Crippen molar-refractivity contribution in [2.75, 3.05) is 20.1 Å². The summed E-state index contributed by atoms with van der Waals surface area (Å²) in [5, 5.41) is 2.06. The summed E-state index contributed by atoms with van der Waals surface area (Å²) in [7, 11) is 2.11. The van der Waals surface area contributed by atoms with E-state index in [-0.39, 0.29) is 5.92 Å². The first-order valence-electron chi connectivity index (χ1n) is 8.54. The van der Waals surface area contributed by atoms with Crippen molar-refractivity contribution in [1.82, 2.24) is 19.9 Å². The van der Waals surface area contributed by atoms with Gasteiger partial charge < -0.3 is 4.90 Å². The Bertz CT molecular complexity index is 886. The van der Waals surface area contributed by atoms with Gasteiger partial charge in [0, 0.05) is 42.0 Å². The molecule has 4 heterocycles. The van der Waals surface area contributed by atoms with Crippen LogP contribution < -0.4 is 0 Å². The number of piperidine rings is 1. The minimum absolute atomic E-state index is 0.180. The van der Waals surface area contributed by atoms with Gasteiger partial charge in [0.2, 0.25) is 0 Å². The van der Waals surface area contributed by atoms with Gasteiger partial charge in [-0.2, -0.15) is 0 Å². The molecular weight excluding hydrogens is 332 g/mol. The lowest BCUT2D eigenvalue weighted by Crippen LogP contribution is -2.34. The molecule has 0 N–H and O–H groups in total. The number of carbonyl (C=O) groups is 1. The fourth-order valence-corrected chi connectivity index (χ4v) is 3.90. The fourth-order valence-electron chi connectivity index (χ4n) is 3.31. The summed E-state index contributed by atoms with van der Waals surface area (Å²) in [5.74, 6) is 0.496. The van der Waals surface area contributed by atoms with Crippen LogP contribution in [0, 0.1) is 5.92 Å². The minimum Gasteiger partial charge on any atom is -0.306 e. The van der Waals surface area contributed by atoms with Crippen LogP contribution >= 0.6 is 11.3 Å². The molecule has 3 aromatic rings. The zero-order valence-electron chi connectivity index (χ0n) is 14.2. The van der Waals surface area contributed by atoms with Crippen LogP contribution in [0.4, 0.5) is 0 Å². The molecule has 0 radical (unpaired) electrons. The van der Waals surface area contributed by atoms with Crippen LogP contribution in [0.15, 0.2) is 36.2 Å². The molecule has 0 saturated carbocycles. The predicted octanol–water partition coefficient (Wildman–Crippen LogP) is 3.21. The maximum Gasteiger partial charge on any atom is 0.142 e. The maximum absolute atomic E-state index is 12.6. The van der Waals surface area contributed by atoms with E-state index in [1.54, 1.807) is 16.8 Å². The Morgan fingerprint density at radius 2 is 1.96 bits per heavy atom. The summed E-state index contributed by atoms with van der Waals surface area (Å²) in [6.45, 7) is 2.01. The molecule has 1 fully saturated rings. The third kappa shape index (κ3) is 3.60. The minimum atomic E-state index is 0.180. The van der Waals surface area contributed by atoms with Crippen molar-refractivity contribution in [2.24, 2.45) is 5.92 Å². The van der Waals surface area contributed by atoms with Crippen molar-refractivity contribution in [3.8, 4) is 10.6 Å². The molecule has 128 valence electrons. The molecule has 0 aliphatic carbocycles. The molecule has 1 saturated heterocycles. The van der Waals surface area contributed by atoms with Crippen molar-refractivity contribution in [1.29, 1.82) is 0 Å². The predicted molar refractivity (Wildman–Crippen MR) is 99.6 cm³/mol. The van der Waals surface area contributed by atoms with E-state index in [1.807, 2.05) is 30.7 Å². The van der Waals surface area contributed by atoms with Crippen LogP contribution in [0.1, 0.15) is 18.5 Å². The third-order valence-corrected chi connectivity index (χ3v) is 5.67. The quantitative estimate of drug-likeness (QED) is 0.722. The number of thiazole rings is 1. The van der Waals surface area contributed by atoms with Crippen molar-refractivity contribution in [3.05, 3.63) is 41.9 Å². The van der Waals surface area contributed by atoms with Crippen LogP contribution in [-0.2, 0) is 11.2 Å². The zero-order valence-corrected chi connectivity index (χ0v) is 15.0. The lowest BCUT2D eigenvalue weighted by Gasteiger charge is -2.27. The zero-order chi connectivity index (χ0) is 17.2. The van der Waals surface area contributed by atoms with Crippen LogP contribution in [0.3, 0.4) is 0 Å². The van der Waals surface area contributed by atoms with Gasteiger partial charge in [-0.15, -0.1) is 11.3 Å². The van der Waals surface area contributed by atoms with Crippen LogP contribution in [0.5, 0.6) is 0 Å². The smallest absolute Gasteiger partial charge is 0.142 e. The number of ketones is 1. The number of nitrogens with zero attached hydrogens (tertiary/aromatic N) is 4. The number of likely N-dealkylation sites (tertiary alicyclic amines) is 1. The van der Waals surface area contributed by atoms with E-state index >= 15 is 0 Å². The van der Waals surface area contributed by atoms with Crippen molar-refractivity contribution >= 4 is 27.9 Å². The Labute approximate surface area is 150 Å². The number of pyridine rings is 2. The van der Waals surface area contributed by atoms with Gasteiger partial charge in [-0.1, -0.05) is 0 Å². The number of rotatable bonds is 4. The Morgan fingerprint density at radius 3 is 2.72 bits per heavy atom. The van der Waals surface area contributed by atoms with E-state index < -0.39 is 0 Å². The second-order valence-electron chi connectivity index (χ2n) is 6.68. The Hall–Kier alpha value is -2.18. The van der Waals surface area contributed by atoms with E-state index in [2.05, 4.69) is 26.9 Å². The van der Waals surface area contributed by atoms with Gasteiger partial charge >= 0.3 is 0 Å². The van der Waals surface area contributed by atoms with Gasteiger partial charge in [0.25, 0.3) is 0 Å². The second-order valence-corrected chi connectivity index (χ2v) is 7.57. The molecule has 0 atom stereocenters. The van der Waals surface area contributed by atoms with Crippen molar-refractivity contribution < 1.29 is 4.79 Å². The number of hydrogen-bond donors (Lipinski definition) is 0. The molecule has 4 rings (SSSR count). The summed E-state index contributed by atoms with van der Waals surface area (Å²) in [5.41, 5.74) is 3.56. The fraction of sp³-hybridized carbons (Fsp3) is 0.368. The van der Waals surface area contributed by atoms with Gasteiger partial charge in [-0.25, -0.2) is 0 Å². The Balaban J connectivity index is 1.54. The molecule has 0 aromatic carbocycles. The monoisotopic (exact) mass is 352 g/mol. The molecule has 0 unspecified atom stereocenters. The number of fused-ring (bicyclic) bond motifs is 1. The first kappa shape index (κ1) is 16.3. The maximum atomic E-state index is 12.6. The highest BCUT2D eigenvalue weighted by Crippen LogP contribution is 2.25. The third-order valence-electron chi connectivity index (χ3n) is 4.87. The number of hydrogen-bond acceptors (Lipinski definition) is 6. The molecule has 0 spiro atoms. The normalized spacial score (nSPS) is 16.4. The largest absolute Gasteiger partial charge is 0.306 e. The van der Waals surface area contributed by atoms with E-state index in [4.69, 9.17) is 0 Å². The van der Waals surface area contributed by atoms with Gasteiger partial charge in [-0.3, -0.25) is 19.7 Å². The average molecular weight is 352 g/mol. The summed E-state index contributed by atoms with van der Waals surface area (Å²) in [6, 6.07) is 4.07. The topological polar surface area (TPSA) is 59.0 Å². The summed E-state index contributed by atoms with van der Waals surface area (Å²) < 4.78 is 0. The van der Waals surface area contributed by atoms with Gasteiger partial charge in [0.05, 0.1) is 16.1 Å². The second kappa shape index (κ2) is 6.98. The lowest BCUT2D eigenvalue weighted by atomic mass is 9.90. The lowest BCUT2D eigenvalue weighted by molar-refractivity contribution is -0.123. The van der Waals surface area contributed by atoms with Crippen molar-refractivity contribution in [3.63, 3.8) is 0 Å².